The van der Waals surface area contributed by atoms with Crippen LogP contribution in [-0.2, 0) is 11.8 Å². The first-order valence-corrected chi connectivity index (χ1v) is 8.92. The fourth-order valence-corrected chi connectivity index (χ4v) is 3.06. The molecule has 1 amide bonds. The van der Waals surface area contributed by atoms with Crippen LogP contribution in [-0.4, -0.2) is 44.0 Å². The van der Waals surface area contributed by atoms with E-state index in [4.69, 9.17) is 4.74 Å². The first-order chi connectivity index (χ1) is 13.6. The lowest BCUT2D eigenvalue weighted by Gasteiger charge is -2.08. The van der Waals surface area contributed by atoms with Crippen molar-refractivity contribution in [3.8, 4) is 28.4 Å². The zero-order valence-corrected chi connectivity index (χ0v) is 15.6. The second kappa shape index (κ2) is 7.51. The zero-order valence-electron chi connectivity index (χ0n) is 15.6. The van der Waals surface area contributed by atoms with E-state index in [2.05, 4.69) is 31.7 Å². The minimum Gasteiger partial charge on any atom is -0.492 e. The van der Waals surface area contributed by atoms with Gasteiger partial charge in [-0.15, -0.1) is 0 Å². The summed E-state index contributed by atoms with van der Waals surface area (Å²) in [5.74, 6) is 1.45. The molecule has 0 aliphatic carbocycles. The Balaban J connectivity index is 1.63. The lowest BCUT2D eigenvalue weighted by molar-refractivity contribution is -0.119. The van der Waals surface area contributed by atoms with E-state index < -0.39 is 0 Å². The number of aromatic nitrogens is 5. The van der Waals surface area contributed by atoms with Gasteiger partial charge in [-0.05, 0) is 30.3 Å². The lowest BCUT2D eigenvalue weighted by atomic mass is 10.1. The van der Waals surface area contributed by atoms with E-state index in [9.17, 15) is 4.79 Å². The first-order valence-electron chi connectivity index (χ1n) is 8.92. The number of nitrogens with zero attached hydrogens (tertiary/aromatic N) is 4. The van der Waals surface area contributed by atoms with Crippen LogP contribution in [0.2, 0.25) is 0 Å². The van der Waals surface area contributed by atoms with Crippen LogP contribution < -0.4 is 10.1 Å². The molecule has 0 unspecified atom stereocenters. The van der Waals surface area contributed by atoms with E-state index in [1.807, 2.05) is 43.4 Å². The summed E-state index contributed by atoms with van der Waals surface area (Å²) >= 11 is 0. The Bertz CT molecular complexity index is 1130. The molecule has 0 aliphatic rings. The highest BCUT2D eigenvalue weighted by molar-refractivity contribution is 5.95. The van der Waals surface area contributed by atoms with Gasteiger partial charge in [0.1, 0.15) is 24.4 Å². The summed E-state index contributed by atoms with van der Waals surface area (Å²) in [5, 5.41) is 15.4. The quantitative estimate of drug-likeness (QED) is 0.504. The van der Waals surface area contributed by atoms with E-state index in [1.165, 1.54) is 13.3 Å². The predicted molar refractivity (Wildman–Crippen MR) is 106 cm³/mol. The average molecular weight is 376 g/mol. The number of carbonyl (C=O) groups is 1. The fraction of sp³-hybridized carbons (Fsp3) is 0.200. The van der Waals surface area contributed by atoms with Crippen LogP contribution in [0.5, 0.6) is 5.75 Å². The molecule has 0 aliphatic heterocycles. The minimum atomic E-state index is -0.0703. The first kappa shape index (κ1) is 17.7. The molecule has 2 aromatic carbocycles. The largest absolute Gasteiger partial charge is 0.492 e. The number of aromatic amines is 1. The summed E-state index contributed by atoms with van der Waals surface area (Å²) in [6, 6.07) is 13.8. The molecular weight excluding hydrogens is 356 g/mol. The molecule has 0 radical (unpaired) electrons. The highest BCUT2D eigenvalue weighted by Crippen LogP contribution is 2.31. The van der Waals surface area contributed by atoms with Gasteiger partial charge in [0.05, 0.1) is 12.1 Å². The van der Waals surface area contributed by atoms with Gasteiger partial charge in [0.25, 0.3) is 0 Å². The van der Waals surface area contributed by atoms with Gasteiger partial charge in [0.2, 0.25) is 5.91 Å². The summed E-state index contributed by atoms with van der Waals surface area (Å²) in [6.45, 7) is 2.35. The molecule has 8 heteroatoms. The number of H-pyrrole nitrogens is 1. The maximum atomic E-state index is 10.9. The topological polar surface area (TPSA) is 97.7 Å². The Morgan fingerprint density at radius 2 is 2.11 bits per heavy atom. The Labute approximate surface area is 161 Å². The summed E-state index contributed by atoms with van der Waals surface area (Å²) in [4.78, 5) is 15.3. The number of fused-ring (bicyclic) bond motifs is 1. The molecule has 4 aromatic rings. The Morgan fingerprint density at radius 3 is 2.89 bits per heavy atom. The molecule has 2 aromatic heterocycles. The molecule has 0 fully saturated rings. The van der Waals surface area contributed by atoms with Crippen LogP contribution in [0.1, 0.15) is 6.92 Å². The van der Waals surface area contributed by atoms with Gasteiger partial charge in [0, 0.05) is 30.5 Å². The molecule has 2 heterocycles. The smallest absolute Gasteiger partial charge is 0.216 e. The second-order valence-corrected chi connectivity index (χ2v) is 6.40. The number of carbonyl (C=O) groups excluding carboxylic acids is 1. The molecule has 4 rings (SSSR count). The van der Waals surface area contributed by atoms with Crippen molar-refractivity contribution in [1.29, 1.82) is 0 Å². The number of hydrogen-bond donors (Lipinski definition) is 2. The number of rotatable bonds is 6. The molecular formula is C20H20N6O2. The maximum absolute atomic E-state index is 10.9. The fourth-order valence-electron chi connectivity index (χ4n) is 3.06. The number of hydrogen-bond acceptors (Lipinski definition) is 5. The Kier molecular flexibility index (Phi) is 4.76. The molecule has 0 atom stereocenters. The monoisotopic (exact) mass is 376 g/mol. The van der Waals surface area contributed by atoms with Crippen molar-refractivity contribution in [2.45, 2.75) is 6.92 Å². The number of amides is 1. The van der Waals surface area contributed by atoms with Crippen molar-refractivity contribution < 1.29 is 9.53 Å². The van der Waals surface area contributed by atoms with Crippen LogP contribution >= 0.6 is 0 Å². The molecule has 8 nitrogen and oxygen atoms in total. The van der Waals surface area contributed by atoms with Gasteiger partial charge in [-0.1, -0.05) is 12.1 Å². The van der Waals surface area contributed by atoms with E-state index >= 15 is 0 Å². The third-order valence-corrected chi connectivity index (χ3v) is 4.38. The molecule has 0 bridgehead atoms. The van der Waals surface area contributed by atoms with Crippen molar-refractivity contribution >= 4 is 16.8 Å². The lowest BCUT2D eigenvalue weighted by Crippen LogP contribution is -2.25. The SMILES string of the molecule is CC(=O)NCCOc1cccc(-c2n[nH]c3ccc(-c4ncnn4C)cc23)c1. The normalized spacial score (nSPS) is 10.9. The van der Waals surface area contributed by atoms with Gasteiger partial charge in [-0.25, -0.2) is 9.67 Å². The third kappa shape index (κ3) is 3.57. The van der Waals surface area contributed by atoms with E-state index in [-0.39, 0.29) is 5.91 Å². The molecule has 28 heavy (non-hydrogen) atoms. The number of benzene rings is 2. The van der Waals surface area contributed by atoms with E-state index in [0.29, 0.717) is 13.2 Å². The summed E-state index contributed by atoms with van der Waals surface area (Å²) < 4.78 is 7.47. The molecule has 0 spiro atoms. The standard InChI is InChI=1S/C20H20N6O2/c1-13(27)21-8-9-28-16-5-3-4-14(10-16)19-17-11-15(6-7-18(17)24-25-19)20-22-12-23-26(20)2/h3-7,10-12H,8-9H2,1-2H3,(H,21,27)(H,24,25). The third-order valence-electron chi connectivity index (χ3n) is 4.38. The van der Waals surface area contributed by atoms with Crippen molar-refractivity contribution in [2.75, 3.05) is 13.2 Å². The Morgan fingerprint density at radius 1 is 1.21 bits per heavy atom. The molecule has 2 N–H and O–H groups in total. The Hall–Kier alpha value is -3.68. The van der Waals surface area contributed by atoms with Crippen LogP contribution in [0.4, 0.5) is 0 Å². The summed E-state index contributed by atoms with van der Waals surface area (Å²) in [6.07, 6.45) is 1.54. The van der Waals surface area contributed by atoms with Crippen LogP contribution in [0.25, 0.3) is 33.5 Å². The van der Waals surface area contributed by atoms with Crippen LogP contribution in [0, 0.1) is 0 Å². The minimum absolute atomic E-state index is 0.0703. The van der Waals surface area contributed by atoms with Crippen LogP contribution in [0.15, 0.2) is 48.8 Å². The molecule has 0 saturated heterocycles. The van der Waals surface area contributed by atoms with Crippen molar-refractivity contribution in [3.63, 3.8) is 0 Å². The second-order valence-electron chi connectivity index (χ2n) is 6.40. The zero-order chi connectivity index (χ0) is 19.5. The van der Waals surface area contributed by atoms with Crippen molar-refractivity contribution in [1.82, 2.24) is 30.3 Å². The van der Waals surface area contributed by atoms with Crippen molar-refractivity contribution in [2.24, 2.45) is 7.05 Å². The van der Waals surface area contributed by atoms with Gasteiger partial charge in [-0.2, -0.15) is 10.2 Å². The summed E-state index contributed by atoms with van der Waals surface area (Å²) in [5.41, 5.74) is 3.69. The summed E-state index contributed by atoms with van der Waals surface area (Å²) in [7, 11) is 1.87. The van der Waals surface area contributed by atoms with E-state index in [0.717, 1.165) is 39.3 Å². The van der Waals surface area contributed by atoms with Gasteiger partial charge < -0.3 is 10.1 Å². The average Bonchev–Trinajstić information content (AvgIpc) is 3.31. The molecule has 0 saturated carbocycles. The number of ether oxygens (including phenoxy) is 1. The highest BCUT2D eigenvalue weighted by Gasteiger charge is 2.12. The van der Waals surface area contributed by atoms with E-state index in [1.54, 1.807) is 4.68 Å². The number of nitrogens with one attached hydrogen (secondary N) is 2. The van der Waals surface area contributed by atoms with Gasteiger partial charge in [-0.3, -0.25) is 9.89 Å². The van der Waals surface area contributed by atoms with Crippen LogP contribution in [0.3, 0.4) is 0 Å². The number of aryl methyl sites for hydroxylation is 1. The highest BCUT2D eigenvalue weighted by atomic mass is 16.5. The van der Waals surface area contributed by atoms with Gasteiger partial charge in [0.15, 0.2) is 5.82 Å². The van der Waals surface area contributed by atoms with Gasteiger partial charge >= 0.3 is 0 Å². The predicted octanol–water partition coefficient (Wildman–Crippen LogP) is 2.54. The van der Waals surface area contributed by atoms with Crippen molar-refractivity contribution in [3.05, 3.63) is 48.8 Å². The maximum Gasteiger partial charge on any atom is 0.216 e. The molecule has 142 valence electrons.